The molecule has 3 rings (SSSR count). The quantitative estimate of drug-likeness (QED) is 0.367. The number of likely N-dealkylation sites (tertiary alicyclic amines) is 1. The van der Waals surface area contributed by atoms with Crippen molar-refractivity contribution in [3.05, 3.63) is 0 Å². The van der Waals surface area contributed by atoms with Crippen LogP contribution >= 0.6 is 0 Å². The summed E-state index contributed by atoms with van der Waals surface area (Å²) >= 11 is 0. The highest BCUT2D eigenvalue weighted by Crippen LogP contribution is 2.30. The van der Waals surface area contributed by atoms with Gasteiger partial charge in [0.05, 0.1) is 5.92 Å². The summed E-state index contributed by atoms with van der Waals surface area (Å²) in [5, 5.41) is 0. The molecule has 0 unspecified atom stereocenters. The Bertz CT molecular complexity index is 727. The van der Waals surface area contributed by atoms with E-state index in [0.717, 1.165) is 50.9 Å². The van der Waals surface area contributed by atoms with Crippen molar-refractivity contribution in [1.29, 1.82) is 0 Å². The molecule has 1 aliphatic carbocycles. The molecule has 0 radical (unpaired) electrons. The van der Waals surface area contributed by atoms with Crippen LogP contribution in [0.15, 0.2) is 0 Å². The number of Topliss-reactive ketones (excluding diaryl/α,β-unsaturated/α-hetero) is 1. The molecule has 0 aromatic carbocycles. The fourth-order valence-corrected chi connectivity index (χ4v) is 3.90. The van der Waals surface area contributed by atoms with Gasteiger partial charge in [0.2, 0.25) is 17.5 Å². The highest BCUT2D eigenvalue weighted by atomic mass is 32.2. The molecule has 1 amide bonds. The lowest BCUT2D eigenvalue weighted by atomic mass is 9.85. The fraction of sp³-hybridized carbons (Fsp3) is 0.812. The maximum Gasteiger partial charge on any atom is 0.485 e. The lowest BCUT2D eigenvalue weighted by Gasteiger charge is -2.27. The van der Waals surface area contributed by atoms with Crippen LogP contribution in [0.1, 0.15) is 44.9 Å². The minimum Gasteiger partial charge on any atom is -0.741 e. The van der Waals surface area contributed by atoms with Crippen LogP contribution in [0, 0.1) is 5.92 Å². The number of amides is 1. The Balaban J connectivity index is 0.000000279. The van der Waals surface area contributed by atoms with E-state index in [9.17, 15) is 22.8 Å². The summed E-state index contributed by atoms with van der Waals surface area (Å²) in [6.45, 7) is 1.80. The van der Waals surface area contributed by atoms with E-state index in [-0.39, 0.29) is 17.7 Å². The van der Waals surface area contributed by atoms with Gasteiger partial charge in [-0.3, -0.25) is 9.59 Å². The molecule has 7 nitrogen and oxygen atoms in total. The zero-order valence-electron chi connectivity index (χ0n) is 15.0. The number of halogens is 3. The third kappa shape index (κ3) is 5.07. The highest BCUT2D eigenvalue weighted by Gasteiger charge is 2.48. The normalized spacial score (nSPS) is 26.4. The van der Waals surface area contributed by atoms with Crippen molar-refractivity contribution in [2.24, 2.45) is 5.92 Å². The molecule has 0 N–H and O–H groups in total. The Hall–Kier alpha value is -1.49. The van der Waals surface area contributed by atoms with Gasteiger partial charge in [-0.25, -0.2) is 13.0 Å². The van der Waals surface area contributed by atoms with Crippen LogP contribution in [-0.2, 0) is 19.7 Å². The van der Waals surface area contributed by atoms with E-state index in [4.69, 9.17) is 13.0 Å². The van der Waals surface area contributed by atoms with Crippen molar-refractivity contribution in [2.75, 3.05) is 20.1 Å². The third-order valence-corrected chi connectivity index (χ3v) is 5.79. The molecule has 1 saturated carbocycles. The molecule has 11 heteroatoms. The number of nitrogens with zero attached hydrogens (tertiary/aromatic N) is 2. The van der Waals surface area contributed by atoms with Gasteiger partial charge in [-0.1, -0.05) is 0 Å². The van der Waals surface area contributed by atoms with E-state index in [1.54, 1.807) is 0 Å². The second kappa shape index (κ2) is 8.26. The topological polar surface area (TPSA) is 97.6 Å². The molecule has 2 heterocycles. The number of hydrogen-bond donors (Lipinski definition) is 0. The van der Waals surface area contributed by atoms with Crippen LogP contribution in [-0.4, -0.2) is 71.5 Å². The van der Waals surface area contributed by atoms with Gasteiger partial charge < -0.3 is 9.45 Å². The molecule has 2 aliphatic heterocycles. The lowest BCUT2D eigenvalue weighted by Crippen LogP contribution is -2.45. The molecule has 154 valence electrons. The minimum absolute atomic E-state index is 0.0832. The average molecular weight is 412 g/mol. The molecule has 0 aromatic heterocycles. The summed E-state index contributed by atoms with van der Waals surface area (Å²) in [4.78, 5) is 26.7. The van der Waals surface area contributed by atoms with Crippen molar-refractivity contribution in [3.8, 4) is 0 Å². The average Bonchev–Trinajstić information content (AvgIpc) is 2.92. The molecule has 27 heavy (non-hydrogen) atoms. The molecule has 2 atom stereocenters. The van der Waals surface area contributed by atoms with Gasteiger partial charge in [-0.15, -0.1) is 0 Å². The van der Waals surface area contributed by atoms with Crippen molar-refractivity contribution >= 4 is 27.5 Å². The van der Waals surface area contributed by atoms with Crippen molar-refractivity contribution in [3.63, 3.8) is 0 Å². The first-order valence-electron chi connectivity index (χ1n) is 8.87. The Morgan fingerprint density at radius 2 is 1.74 bits per heavy atom. The molecule has 0 bridgehead atoms. The van der Waals surface area contributed by atoms with Crippen LogP contribution in [0.3, 0.4) is 0 Å². The van der Waals surface area contributed by atoms with E-state index in [1.807, 2.05) is 16.5 Å². The molecule has 3 aliphatic rings. The van der Waals surface area contributed by atoms with Gasteiger partial charge >= 0.3 is 5.51 Å². The minimum atomic E-state index is -6.09. The van der Waals surface area contributed by atoms with E-state index >= 15 is 0 Å². The number of carbonyl (C=O) groups excluding carboxylic acids is 2. The van der Waals surface area contributed by atoms with Crippen LogP contribution in [0.5, 0.6) is 0 Å². The Labute approximate surface area is 156 Å². The van der Waals surface area contributed by atoms with Gasteiger partial charge in [0, 0.05) is 25.9 Å². The molecule has 1 saturated heterocycles. The summed E-state index contributed by atoms with van der Waals surface area (Å²) < 4.78 is 60.9. The Morgan fingerprint density at radius 3 is 2.22 bits per heavy atom. The van der Waals surface area contributed by atoms with Gasteiger partial charge in [-0.05, 0) is 32.1 Å². The summed E-state index contributed by atoms with van der Waals surface area (Å²) in [7, 11) is -4.15. The standard InChI is InChI=1S/C15H23N2O2.CHF3O3S/c1-16-12(15(19)17-8-3-2-4-9-17)10-11-6-5-7-13(18)14(11)16;2-1(3,4)8(5,6)7/h11-12H,2-10H2,1H3;(H,5,6,7)/q+1;/p-1/t11-,12-;/m0./s1. The number of carbonyl (C=O) groups is 2. The van der Waals surface area contributed by atoms with Gasteiger partial charge in [0.15, 0.2) is 10.1 Å². The van der Waals surface area contributed by atoms with Gasteiger partial charge in [0.1, 0.15) is 7.05 Å². The number of likely N-dealkylation sites (N-methyl/N-ethyl adjacent to an activating group) is 1. The predicted molar refractivity (Wildman–Crippen MR) is 88.1 cm³/mol. The van der Waals surface area contributed by atoms with Crippen LogP contribution in [0.25, 0.3) is 0 Å². The first kappa shape index (κ1) is 21.8. The largest absolute Gasteiger partial charge is 0.741 e. The summed E-state index contributed by atoms with van der Waals surface area (Å²) in [6.07, 6.45) is 7.08. The van der Waals surface area contributed by atoms with Crippen molar-refractivity contribution in [1.82, 2.24) is 4.90 Å². The number of ketones is 1. The van der Waals surface area contributed by atoms with Crippen LogP contribution in [0.2, 0.25) is 0 Å². The molecule has 2 fully saturated rings. The van der Waals surface area contributed by atoms with E-state index in [2.05, 4.69) is 0 Å². The first-order valence-corrected chi connectivity index (χ1v) is 10.3. The second-order valence-electron chi connectivity index (χ2n) is 7.05. The molecule has 0 spiro atoms. The summed E-state index contributed by atoms with van der Waals surface area (Å²) in [5.74, 6) is 0.856. The smallest absolute Gasteiger partial charge is 0.485 e. The maximum atomic E-state index is 12.6. The molecular formula is C16H23F3N2O5S. The summed E-state index contributed by atoms with van der Waals surface area (Å²) in [6, 6.07) is -0.0832. The number of piperidine rings is 1. The number of hydrogen-bond acceptors (Lipinski definition) is 5. The van der Waals surface area contributed by atoms with Gasteiger partial charge in [-0.2, -0.15) is 13.2 Å². The molecular weight excluding hydrogens is 389 g/mol. The van der Waals surface area contributed by atoms with Crippen LogP contribution in [0.4, 0.5) is 13.2 Å². The Morgan fingerprint density at radius 1 is 1.19 bits per heavy atom. The predicted octanol–water partition coefficient (Wildman–Crippen LogP) is 1.28. The van der Waals surface area contributed by atoms with E-state index in [0.29, 0.717) is 12.3 Å². The van der Waals surface area contributed by atoms with E-state index < -0.39 is 15.6 Å². The number of rotatable bonds is 1. The third-order valence-electron chi connectivity index (χ3n) is 5.22. The van der Waals surface area contributed by atoms with Crippen molar-refractivity contribution in [2.45, 2.75) is 56.5 Å². The maximum absolute atomic E-state index is 12.6. The fourth-order valence-electron chi connectivity index (χ4n) is 3.90. The van der Waals surface area contributed by atoms with Crippen LogP contribution < -0.4 is 0 Å². The first-order chi connectivity index (χ1) is 12.4. The zero-order chi connectivity index (χ0) is 20.4. The Kier molecular flexibility index (Phi) is 6.67. The summed E-state index contributed by atoms with van der Waals surface area (Å²) in [5.41, 5.74) is -4.71. The zero-order valence-corrected chi connectivity index (χ0v) is 15.8. The number of alkyl halides is 3. The highest BCUT2D eigenvalue weighted by molar-refractivity contribution is 7.86. The number of fused-ring (bicyclic) bond motifs is 1. The lowest BCUT2D eigenvalue weighted by molar-refractivity contribution is -0.515. The second-order valence-corrected chi connectivity index (χ2v) is 8.42. The van der Waals surface area contributed by atoms with Crippen molar-refractivity contribution < 1.29 is 40.3 Å². The molecule has 0 aromatic rings. The van der Waals surface area contributed by atoms with Gasteiger partial charge in [0.25, 0.3) is 5.91 Å². The monoisotopic (exact) mass is 412 g/mol. The SMILES string of the molecule is C[N+]1=C2C(=O)CCC[C@H]2C[C@H]1C(=O)N1CCCCC1.O=S(=O)([O-])C(F)(F)F. The van der Waals surface area contributed by atoms with E-state index in [1.165, 1.54) is 6.42 Å².